The lowest BCUT2D eigenvalue weighted by molar-refractivity contribution is -0.125. The summed E-state index contributed by atoms with van der Waals surface area (Å²) in [5.41, 5.74) is 1.63. The highest BCUT2D eigenvalue weighted by atomic mass is 16.2. The summed E-state index contributed by atoms with van der Waals surface area (Å²) in [6.07, 6.45) is 6.94. The maximum Gasteiger partial charge on any atom is 0.322 e. The number of nitrogens with zero attached hydrogens (tertiary/aromatic N) is 2. The molecule has 7 nitrogen and oxygen atoms in total. The van der Waals surface area contributed by atoms with Crippen molar-refractivity contribution in [3.05, 3.63) is 17.1 Å². The third-order valence-corrected chi connectivity index (χ3v) is 5.60. The molecule has 2 fully saturated rings. The number of hydrogen-bond acceptors (Lipinski definition) is 5. The highest BCUT2D eigenvalue weighted by molar-refractivity contribution is 6.07. The molecule has 1 aromatic heterocycles. The van der Waals surface area contributed by atoms with Crippen molar-refractivity contribution in [1.82, 2.24) is 20.6 Å². The van der Waals surface area contributed by atoms with E-state index in [1.807, 2.05) is 6.92 Å². The number of carbonyl (C=O) groups is 2. The van der Waals surface area contributed by atoms with Crippen molar-refractivity contribution in [1.29, 1.82) is 0 Å². The van der Waals surface area contributed by atoms with Crippen LogP contribution in [0.25, 0.3) is 0 Å². The largest absolute Gasteiger partial charge is 0.369 e. The molecular weight excluding hydrogens is 306 g/mol. The van der Waals surface area contributed by atoms with Crippen LogP contribution in [0.1, 0.15) is 49.2 Å². The number of rotatable bonds is 3. The predicted molar refractivity (Wildman–Crippen MR) is 88.6 cm³/mol. The van der Waals surface area contributed by atoms with Gasteiger partial charge in [-0.25, -0.2) is 14.8 Å². The Bertz CT molecular complexity index is 704. The second-order valence-electron chi connectivity index (χ2n) is 7.10. The van der Waals surface area contributed by atoms with Gasteiger partial charge in [0.1, 0.15) is 17.2 Å². The molecule has 0 aromatic carbocycles. The molecule has 1 aliphatic heterocycles. The fourth-order valence-electron chi connectivity index (χ4n) is 4.41. The lowest BCUT2D eigenvalue weighted by Gasteiger charge is -2.29. The maximum atomic E-state index is 12.3. The van der Waals surface area contributed by atoms with E-state index in [2.05, 4.69) is 25.9 Å². The van der Waals surface area contributed by atoms with E-state index in [9.17, 15) is 9.59 Å². The summed E-state index contributed by atoms with van der Waals surface area (Å²) in [7, 11) is 0. The average Bonchev–Trinajstić information content (AvgIpc) is 3.08. The van der Waals surface area contributed by atoms with Gasteiger partial charge in [0.2, 0.25) is 0 Å². The third kappa shape index (κ3) is 2.42. The average molecular weight is 329 g/mol. The van der Waals surface area contributed by atoms with Crippen LogP contribution in [0.2, 0.25) is 0 Å². The Morgan fingerprint density at radius 3 is 2.83 bits per heavy atom. The molecule has 4 rings (SSSR count). The van der Waals surface area contributed by atoms with Gasteiger partial charge in [-0.2, -0.15) is 0 Å². The van der Waals surface area contributed by atoms with Crippen molar-refractivity contribution in [3.8, 4) is 0 Å². The van der Waals surface area contributed by atoms with E-state index in [0.717, 1.165) is 43.0 Å². The first kappa shape index (κ1) is 15.4. The number of anilines is 1. The first-order valence-corrected chi connectivity index (χ1v) is 8.82. The van der Waals surface area contributed by atoms with Crippen LogP contribution >= 0.6 is 0 Å². The van der Waals surface area contributed by atoms with Gasteiger partial charge in [-0.1, -0.05) is 6.42 Å². The fraction of sp³-hybridized carbons (Fsp3) is 0.647. The van der Waals surface area contributed by atoms with Gasteiger partial charge in [0, 0.05) is 23.7 Å². The van der Waals surface area contributed by atoms with Crippen molar-refractivity contribution < 1.29 is 9.59 Å². The van der Waals surface area contributed by atoms with E-state index in [-0.39, 0.29) is 17.9 Å². The quantitative estimate of drug-likeness (QED) is 0.730. The standard InChI is InChI=1S/C17H23N5O2/c1-10-19-13-7-3-2-6-12(13)14(20-10)18-9-11-5-4-8-17(11)15(23)21-16(24)22-17/h11H,2-9H2,1H3,(H,18,19,20)(H2,21,22,23,24)/t11-,17-/m0/s1. The minimum Gasteiger partial charge on any atom is -0.369 e. The molecule has 2 atom stereocenters. The third-order valence-electron chi connectivity index (χ3n) is 5.60. The highest BCUT2D eigenvalue weighted by Gasteiger charge is 2.54. The number of carbonyl (C=O) groups excluding carboxylic acids is 2. The van der Waals surface area contributed by atoms with Crippen LogP contribution in [-0.2, 0) is 17.6 Å². The van der Waals surface area contributed by atoms with Gasteiger partial charge < -0.3 is 10.6 Å². The summed E-state index contributed by atoms with van der Waals surface area (Å²) in [4.78, 5) is 33.0. The van der Waals surface area contributed by atoms with E-state index < -0.39 is 5.54 Å². The van der Waals surface area contributed by atoms with Gasteiger partial charge in [-0.15, -0.1) is 0 Å². The molecule has 24 heavy (non-hydrogen) atoms. The molecule has 128 valence electrons. The summed E-state index contributed by atoms with van der Waals surface area (Å²) >= 11 is 0. The number of hydrogen-bond donors (Lipinski definition) is 3. The Labute approximate surface area is 141 Å². The maximum absolute atomic E-state index is 12.3. The normalized spacial score (nSPS) is 28.6. The number of nitrogens with one attached hydrogen (secondary N) is 3. The van der Waals surface area contributed by atoms with E-state index in [4.69, 9.17) is 0 Å². The second kappa shape index (κ2) is 5.72. The highest BCUT2D eigenvalue weighted by Crippen LogP contribution is 2.38. The second-order valence-corrected chi connectivity index (χ2v) is 7.10. The molecule has 1 saturated carbocycles. The lowest BCUT2D eigenvalue weighted by atomic mass is 9.87. The van der Waals surface area contributed by atoms with Crippen LogP contribution in [0, 0.1) is 12.8 Å². The van der Waals surface area contributed by atoms with E-state index in [1.165, 1.54) is 18.4 Å². The van der Waals surface area contributed by atoms with Gasteiger partial charge in [0.15, 0.2) is 0 Å². The molecular formula is C17H23N5O2. The van der Waals surface area contributed by atoms with Crippen molar-refractivity contribution in [2.75, 3.05) is 11.9 Å². The number of fused-ring (bicyclic) bond motifs is 1. The SMILES string of the molecule is Cc1nc2c(c(NC[C@@H]3CCC[C@]34NC(=O)NC4=O)n1)CCCC2. The van der Waals surface area contributed by atoms with E-state index >= 15 is 0 Å². The molecule has 1 aromatic rings. The Hall–Kier alpha value is -2.18. The summed E-state index contributed by atoms with van der Waals surface area (Å²) in [5.74, 6) is 1.59. The molecule has 3 aliphatic rings. The zero-order valence-electron chi connectivity index (χ0n) is 13.9. The van der Waals surface area contributed by atoms with Gasteiger partial charge in [-0.3, -0.25) is 10.1 Å². The van der Waals surface area contributed by atoms with Gasteiger partial charge >= 0.3 is 6.03 Å². The minimum atomic E-state index is -0.744. The Morgan fingerprint density at radius 1 is 1.21 bits per heavy atom. The Balaban J connectivity index is 1.54. The van der Waals surface area contributed by atoms with Crippen LogP contribution in [0.4, 0.5) is 10.6 Å². The zero-order valence-corrected chi connectivity index (χ0v) is 13.9. The van der Waals surface area contributed by atoms with Crippen LogP contribution in [0.3, 0.4) is 0 Å². The first-order valence-electron chi connectivity index (χ1n) is 8.82. The molecule has 3 N–H and O–H groups in total. The van der Waals surface area contributed by atoms with Crippen molar-refractivity contribution in [3.63, 3.8) is 0 Å². The minimum absolute atomic E-state index is 0.0819. The molecule has 0 bridgehead atoms. The number of aromatic nitrogens is 2. The molecule has 0 radical (unpaired) electrons. The van der Waals surface area contributed by atoms with Crippen LogP contribution < -0.4 is 16.0 Å². The molecule has 1 saturated heterocycles. The summed E-state index contributed by atoms with van der Waals surface area (Å²) in [6.45, 7) is 2.55. The van der Waals surface area contributed by atoms with Crippen molar-refractivity contribution in [2.24, 2.45) is 5.92 Å². The van der Waals surface area contributed by atoms with E-state index in [0.29, 0.717) is 13.0 Å². The van der Waals surface area contributed by atoms with Crippen LogP contribution in [-0.4, -0.2) is 34.0 Å². The van der Waals surface area contributed by atoms with Gasteiger partial charge in [0.05, 0.1) is 0 Å². The predicted octanol–water partition coefficient (Wildman–Crippen LogP) is 1.45. The molecule has 3 amide bonds. The fourth-order valence-corrected chi connectivity index (χ4v) is 4.41. The van der Waals surface area contributed by atoms with E-state index in [1.54, 1.807) is 0 Å². The molecule has 2 aliphatic carbocycles. The number of urea groups is 1. The molecule has 1 spiro atoms. The Kier molecular flexibility index (Phi) is 3.66. The summed E-state index contributed by atoms with van der Waals surface area (Å²) < 4.78 is 0. The molecule has 2 heterocycles. The monoisotopic (exact) mass is 329 g/mol. The first-order chi connectivity index (χ1) is 11.6. The summed E-state index contributed by atoms with van der Waals surface area (Å²) in [5, 5.41) is 8.72. The van der Waals surface area contributed by atoms with Crippen molar-refractivity contribution in [2.45, 2.75) is 57.4 Å². The van der Waals surface area contributed by atoms with Gasteiger partial charge in [0.25, 0.3) is 5.91 Å². The Morgan fingerprint density at radius 2 is 2.04 bits per heavy atom. The topological polar surface area (TPSA) is 96.0 Å². The van der Waals surface area contributed by atoms with Crippen LogP contribution in [0.5, 0.6) is 0 Å². The lowest BCUT2D eigenvalue weighted by Crippen LogP contribution is -2.51. The number of amides is 3. The zero-order chi connectivity index (χ0) is 16.7. The van der Waals surface area contributed by atoms with Gasteiger partial charge in [-0.05, 0) is 45.4 Å². The van der Waals surface area contributed by atoms with Crippen LogP contribution in [0.15, 0.2) is 0 Å². The summed E-state index contributed by atoms with van der Waals surface area (Å²) in [6, 6.07) is -0.373. The smallest absolute Gasteiger partial charge is 0.322 e. The molecule has 7 heteroatoms. The number of aryl methyl sites for hydroxylation is 2. The van der Waals surface area contributed by atoms with Crippen molar-refractivity contribution >= 4 is 17.8 Å². The molecule has 0 unspecified atom stereocenters. The number of imide groups is 1.